The molecule has 0 radical (unpaired) electrons. The summed E-state index contributed by atoms with van der Waals surface area (Å²) in [5.74, 6) is -1.58. The lowest BCUT2D eigenvalue weighted by Gasteiger charge is -2.09. The van der Waals surface area contributed by atoms with E-state index in [1.807, 2.05) is 6.92 Å². The maximum absolute atomic E-state index is 13.7. The zero-order valence-corrected chi connectivity index (χ0v) is 14.7. The summed E-state index contributed by atoms with van der Waals surface area (Å²) in [5.41, 5.74) is 3.28. The van der Waals surface area contributed by atoms with Crippen LogP contribution in [0.5, 0.6) is 0 Å². The summed E-state index contributed by atoms with van der Waals surface area (Å²) < 4.78 is 36.3. The van der Waals surface area contributed by atoms with Gasteiger partial charge >= 0.3 is 5.97 Å². The molecule has 2 aromatic rings. The van der Waals surface area contributed by atoms with Crippen LogP contribution in [0.2, 0.25) is 0 Å². The Morgan fingerprint density at radius 2 is 1.85 bits per heavy atom. The fourth-order valence-electron chi connectivity index (χ4n) is 3.08. The van der Waals surface area contributed by atoms with Crippen molar-refractivity contribution in [3.05, 3.63) is 76.1 Å². The summed E-state index contributed by atoms with van der Waals surface area (Å²) in [4.78, 5) is 11.8. The monoisotopic (exact) mass is 373 g/mol. The molecule has 134 valence electrons. The summed E-state index contributed by atoms with van der Waals surface area (Å²) in [6, 6.07) is 9.91. The number of fused-ring (bicyclic) bond motifs is 1. The average molecular weight is 373 g/mol. The second kappa shape index (κ2) is 6.51. The van der Waals surface area contributed by atoms with E-state index in [9.17, 15) is 22.7 Å². The molecule has 5 nitrogen and oxygen atoms in total. The third-order valence-electron chi connectivity index (χ3n) is 4.24. The Hall–Kier alpha value is -2.77. The Kier molecular flexibility index (Phi) is 4.52. The SMILES string of the molecule is CC1=C(C(=Cc2ccc(S(N)(=O)=O)cc2)C(=O)O)c2cc(F)ccc2C1. The van der Waals surface area contributed by atoms with Gasteiger partial charge in [-0.15, -0.1) is 0 Å². The molecular formula is C19H16FNO4S. The number of carbonyl (C=O) groups is 1. The van der Waals surface area contributed by atoms with Gasteiger partial charge < -0.3 is 5.11 Å². The van der Waals surface area contributed by atoms with Crippen molar-refractivity contribution in [2.24, 2.45) is 5.14 Å². The van der Waals surface area contributed by atoms with Gasteiger partial charge in [0.25, 0.3) is 0 Å². The van der Waals surface area contributed by atoms with E-state index in [0.29, 0.717) is 23.1 Å². The van der Waals surface area contributed by atoms with Crippen LogP contribution >= 0.6 is 0 Å². The molecule has 7 heteroatoms. The van der Waals surface area contributed by atoms with E-state index in [0.717, 1.165) is 11.1 Å². The third-order valence-corrected chi connectivity index (χ3v) is 5.17. The Bertz CT molecular complexity index is 1070. The Morgan fingerprint density at radius 3 is 2.42 bits per heavy atom. The Balaban J connectivity index is 2.09. The molecular weight excluding hydrogens is 357 g/mol. The highest BCUT2D eigenvalue weighted by Crippen LogP contribution is 2.38. The van der Waals surface area contributed by atoms with Gasteiger partial charge in [0.1, 0.15) is 5.82 Å². The maximum Gasteiger partial charge on any atom is 0.336 e. The lowest BCUT2D eigenvalue weighted by molar-refractivity contribution is -0.132. The van der Waals surface area contributed by atoms with Crippen LogP contribution in [0, 0.1) is 5.82 Å². The van der Waals surface area contributed by atoms with Crippen LogP contribution in [0.25, 0.3) is 11.6 Å². The largest absolute Gasteiger partial charge is 0.478 e. The van der Waals surface area contributed by atoms with E-state index in [4.69, 9.17) is 5.14 Å². The van der Waals surface area contributed by atoms with Gasteiger partial charge in [-0.3, -0.25) is 0 Å². The molecule has 0 unspecified atom stereocenters. The number of benzene rings is 2. The lowest BCUT2D eigenvalue weighted by atomic mass is 9.95. The second-order valence-corrected chi connectivity index (χ2v) is 7.67. The minimum atomic E-state index is -3.82. The van der Waals surface area contributed by atoms with Gasteiger partial charge in [0, 0.05) is 0 Å². The summed E-state index contributed by atoms with van der Waals surface area (Å²) in [7, 11) is -3.82. The number of sulfonamides is 1. The van der Waals surface area contributed by atoms with Crippen molar-refractivity contribution >= 4 is 27.6 Å². The van der Waals surface area contributed by atoms with Crippen LogP contribution < -0.4 is 5.14 Å². The zero-order valence-electron chi connectivity index (χ0n) is 13.9. The number of nitrogens with two attached hydrogens (primary N) is 1. The number of allylic oxidation sites excluding steroid dienone is 1. The van der Waals surface area contributed by atoms with Gasteiger partial charge in [-0.05, 0) is 65.9 Å². The van der Waals surface area contributed by atoms with Gasteiger partial charge in [-0.2, -0.15) is 0 Å². The normalized spacial score (nSPS) is 14.5. The number of rotatable bonds is 4. The molecule has 0 saturated heterocycles. The van der Waals surface area contributed by atoms with Gasteiger partial charge in [-0.25, -0.2) is 22.7 Å². The van der Waals surface area contributed by atoms with Crippen molar-refractivity contribution in [1.82, 2.24) is 0 Å². The van der Waals surface area contributed by atoms with Crippen LogP contribution in [0.1, 0.15) is 23.6 Å². The van der Waals surface area contributed by atoms with Crippen molar-refractivity contribution in [3.8, 4) is 0 Å². The van der Waals surface area contributed by atoms with E-state index in [-0.39, 0.29) is 10.5 Å². The number of aliphatic carboxylic acids is 1. The minimum absolute atomic E-state index is 0.0233. The van der Waals surface area contributed by atoms with Crippen molar-refractivity contribution in [1.29, 1.82) is 0 Å². The number of hydrogen-bond donors (Lipinski definition) is 2. The summed E-state index contributed by atoms with van der Waals surface area (Å²) in [6.07, 6.45) is 1.99. The molecule has 0 fully saturated rings. The second-order valence-electron chi connectivity index (χ2n) is 6.11. The molecule has 0 aromatic heterocycles. The van der Waals surface area contributed by atoms with Crippen molar-refractivity contribution in [3.63, 3.8) is 0 Å². The molecule has 26 heavy (non-hydrogen) atoms. The highest BCUT2D eigenvalue weighted by atomic mass is 32.2. The third kappa shape index (κ3) is 3.44. The number of carboxylic acids is 1. The van der Waals surface area contributed by atoms with Crippen molar-refractivity contribution in [2.45, 2.75) is 18.2 Å². The van der Waals surface area contributed by atoms with Crippen LogP contribution in [0.4, 0.5) is 4.39 Å². The molecule has 0 heterocycles. The zero-order chi connectivity index (χ0) is 19.1. The topological polar surface area (TPSA) is 97.5 Å². The molecule has 0 bridgehead atoms. The Labute approximate surface area is 150 Å². The van der Waals surface area contributed by atoms with E-state index >= 15 is 0 Å². The molecule has 0 aliphatic heterocycles. The van der Waals surface area contributed by atoms with E-state index in [1.54, 1.807) is 6.07 Å². The van der Waals surface area contributed by atoms with E-state index < -0.39 is 21.8 Å². The quantitative estimate of drug-likeness (QED) is 0.805. The molecule has 1 aliphatic rings. The van der Waals surface area contributed by atoms with E-state index in [1.165, 1.54) is 42.5 Å². The molecule has 3 N–H and O–H groups in total. The predicted molar refractivity (Wildman–Crippen MR) is 96.1 cm³/mol. The first-order valence-electron chi connectivity index (χ1n) is 7.73. The highest BCUT2D eigenvalue weighted by Gasteiger charge is 2.25. The lowest BCUT2D eigenvalue weighted by Crippen LogP contribution is -2.11. The molecule has 0 amide bonds. The first-order valence-corrected chi connectivity index (χ1v) is 9.28. The van der Waals surface area contributed by atoms with Crippen LogP contribution in [-0.4, -0.2) is 19.5 Å². The minimum Gasteiger partial charge on any atom is -0.478 e. The number of hydrogen-bond acceptors (Lipinski definition) is 3. The smallest absolute Gasteiger partial charge is 0.336 e. The van der Waals surface area contributed by atoms with Gasteiger partial charge in [-0.1, -0.05) is 23.8 Å². The Morgan fingerprint density at radius 1 is 1.19 bits per heavy atom. The average Bonchev–Trinajstić information content (AvgIpc) is 2.87. The van der Waals surface area contributed by atoms with Crippen molar-refractivity contribution in [2.75, 3.05) is 0 Å². The first-order chi connectivity index (χ1) is 12.2. The van der Waals surface area contributed by atoms with Gasteiger partial charge in [0.05, 0.1) is 10.5 Å². The molecule has 1 aliphatic carbocycles. The molecule has 3 rings (SSSR count). The van der Waals surface area contributed by atoms with Crippen LogP contribution in [0.15, 0.2) is 58.5 Å². The van der Waals surface area contributed by atoms with Gasteiger partial charge in [0.2, 0.25) is 10.0 Å². The molecule has 0 saturated carbocycles. The highest BCUT2D eigenvalue weighted by molar-refractivity contribution is 7.89. The van der Waals surface area contributed by atoms with Crippen LogP contribution in [0.3, 0.4) is 0 Å². The standard InChI is InChI=1S/C19H16FNO4S/c1-11-8-13-4-5-14(20)10-16(13)18(11)17(19(22)23)9-12-2-6-15(7-3-12)26(21,24)25/h2-7,9-10H,8H2,1H3,(H,22,23)(H2,21,24,25). The molecule has 0 spiro atoms. The van der Waals surface area contributed by atoms with E-state index in [2.05, 4.69) is 0 Å². The summed E-state index contributed by atoms with van der Waals surface area (Å²) in [5, 5.41) is 14.7. The van der Waals surface area contributed by atoms with Gasteiger partial charge in [0.15, 0.2) is 0 Å². The summed E-state index contributed by atoms with van der Waals surface area (Å²) >= 11 is 0. The fraction of sp³-hybridized carbons (Fsp3) is 0.105. The number of primary sulfonamides is 1. The summed E-state index contributed by atoms with van der Waals surface area (Å²) in [6.45, 7) is 1.81. The van der Waals surface area contributed by atoms with Crippen LogP contribution in [-0.2, 0) is 21.2 Å². The predicted octanol–water partition coefficient (Wildman–Crippen LogP) is 2.97. The number of halogens is 1. The molecule has 0 atom stereocenters. The maximum atomic E-state index is 13.7. The van der Waals surface area contributed by atoms with Crippen molar-refractivity contribution < 1.29 is 22.7 Å². The molecule has 2 aromatic carbocycles. The number of carboxylic acid groups (broad SMARTS) is 1. The fourth-order valence-corrected chi connectivity index (χ4v) is 3.59. The first kappa shape index (κ1) is 18.0.